The molecule has 0 amide bonds. The van der Waals surface area contributed by atoms with Crippen molar-refractivity contribution in [2.75, 3.05) is 6.54 Å². The molecular weight excluding hydrogens is 130 g/mol. The van der Waals surface area contributed by atoms with Crippen molar-refractivity contribution in [1.82, 2.24) is 0 Å². The second-order valence-corrected chi connectivity index (χ2v) is 2.48. The highest BCUT2D eigenvalue weighted by molar-refractivity contribution is 5.75. The Bertz CT molecular complexity index is 118. The topological polar surface area (TPSA) is 84.6 Å². The molecule has 0 heterocycles. The Morgan fingerprint density at radius 1 is 1.50 bits per heavy atom. The highest BCUT2D eigenvalue weighted by Crippen LogP contribution is 2.00. The van der Waals surface area contributed by atoms with Gasteiger partial charge in [-0.3, -0.25) is 4.99 Å². The highest BCUT2D eigenvalue weighted by Gasteiger charge is 2.06. The number of hydrogen-bond acceptors (Lipinski definition) is 2. The van der Waals surface area contributed by atoms with Crippen LogP contribution in [0.5, 0.6) is 0 Å². The predicted octanol–water partition coefficient (Wildman–Crippen LogP) is -0.723. The predicted molar refractivity (Wildman–Crippen MR) is 41.5 cm³/mol. The van der Waals surface area contributed by atoms with Crippen LogP contribution in [0.3, 0.4) is 0 Å². The molecule has 0 aliphatic heterocycles. The second kappa shape index (κ2) is 4.11. The number of aliphatic imine (C=N–C) groups is 1. The lowest BCUT2D eigenvalue weighted by atomic mass is 10.1. The summed E-state index contributed by atoms with van der Waals surface area (Å²) in [5.74, 6) is 0.189. The van der Waals surface area contributed by atoms with E-state index in [0.717, 1.165) is 0 Å². The van der Waals surface area contributed by atoms with E-state index in [0.29, 0.717) is 6.54 Å². The van der Waals surface area contributed by atoms with Gasteiger partial charge in [0.15, 0.2) is 5.96 Å². The van der Waals surface area contributed by atoms with E-state index >= 15 is 0 Å². The van der Waals surface area contributed by atoms with Crippen LogP contribution >= 0.6 is 0 Å². The van der Waals surface area contributed by atoms with Crippen molar-refractivity contribution in [1.29, 1.82) is 0 Å². The van der Waals surface area contributed by atoms with Crippen LogP contribution in [-0.2, 0) is 0 Å². The molecule has 0 fully saturated rings. The van der Waals surface area contributed by atoms with Gasteiger partial charge >= 0.3 is 0 Å². The normalized spacial score (nSPS) is 15.9. The van der Waals surface area contributed by atoms with Crippen molar-refractivity contribution in [3.05, 3.63) is 0 Å². The largest absolute Gasteiger partial charge is 0.393 e. The molecular formula is C6H15N3O. The van der Waals surface area contributed by atoms with Crippen LogP contribution in [0.1, 0.15) is 13.8 Å². The number of nitrogens with zero attached hydrogens (tertiary/aromatic N) is 1. The Balaban J connectivity index is 3.59. The number of nitrogens with two attached hydrogens (primary N) is 2. The first kappa shape index (κ1) is 9.23. The van der Waals surface area contributed by atoms with Gasteiger partial charge in [-0.1, -0.05) is 6.92 Å². The van der Waals surface area contributed by atoms with Crippen LogP contribution in [0.4, 0.5) is 0 Å². The van der Waals surface area contributed by atoms with E-state index in [2.05, 4.69) is 4.99 Å². The first-order valence-corrected chi connectivity index (χ1v) is 3.27. The summed E-state index contributed by atoms with van der Waals surface area (Å²) in [6.07, 6.45) is -0.358. The molecule has 60 valence electrons. The Kier molecular flexibility index (Phi) is 3.79. The molecule has 0 aromatic heterocycles. The Labute approximate surface area is 60.9 Å². The van der Waals surface area contributed by atoms with Gasteiger partial charge in [-0.05, 0) is 6.92 Å². The minimum absolute atomic E-state index is 0.0764. The molecule has 0 radical (unpaired) electrons. The molecule has 0 aliphatic rings. The Morgan fingerprint density at radius 2 is 2.00 bits per heavy atom. The molecule has 0 aromatic rings. The maximum absolute atomic E-state index is 8.98. The molecule has 0 aliphatic carbocycles. The fourth-order valence-electron chi connectivity index (χ4n) is 0.402. The monoisotopic (exact) mass is 145 g/mol. The number of rotatable bonds is 3. The van der Waals surface area contributed by atoms with Gasteiger partial charge in [-0.15, -0.1) is 0 Å². The molecule has 10 heavy (non-hydrogen) atoms. The van der Waals surface area contributed by atoms with Crippen LogP contribution in [0, 0.1) is 5.92 Å². The number of guanidine groups is 1. The lowest BCUT2D eigenvalue weighted by molar-refractivity contribution is 0.139. The first-order valence-electron chi connectivity index (χ1n) is 3.27. The van der Waals surface area contributed by atoms with Gasteiger partial charge in [0.1, 0.15) is 0 Å². The maximum atomic E-state index is 8.98. The molecule has 0 rings (SSSR count). The summed E-state index contributed by atoms with van der Waals surface area (Å²) in [6.45, 7) is 4.09. The Morgan fingerprint density at radius 3 is 2.30 bits per heavy atom. The average molecular weight is 145 g/mol. The van der Waals surface area contributed by atoms with E-state index in [1.807, 2.05) is 6.92 Å². The van der Waals surface area contributed by atoms with Gasteiger partial charge in [0.25, 0.3) is 0 Å². The van der Waals surface area contributed by atoms with Crippen molar-refractivity contribution >= 4 is 5.96 Å². The molecule has 0 bridgehead atoms. The summed E-state index contributed by atoms with van der Waals surface area (Å²) in [4.78, 5) is 3.76. The third-order valence-electron chi connectivity index (χ3n) is 1.39. The zero-order valence-corrected chi connectivity index (χ0v) is 6.41. The number of aliphatic hydroxyl groups excluding tert-OH is 1. The van der Waals surface area contributed by atoms with Gasteiger partial charge in [-0.2, -0.15) is 0 Å². The van der Waals surface area contributed by atoms with Crippen LogP contribution in [0.2, 0.25) is 0 Å². The fraction of sp³-hybridized carbons (Fsp3) is 0.833. The third kappa shape index (κ3) is 4.14. The number of aliphatic hydroxyl groups is 1. The first-order chi connectivity index (χ1) is 4.54. The van der Waals surface area contributed by atoms with E-state index < -0.39 is 0 Å². The molecule has 0 aromatic carbocycles. The SMILES string of the molecule is CC(O)C(C)CN=C(N)N. The van der Waals surface area contributed by atoms with Gasteiger partial charge in [-0.25, -0.2) is 0 Å². The minimum Gasteiger partial charge on any atom is -0.393 e. The van der Waals surface area contributed by atoms with Crippen molar-refractivity contribution in [2.45, 2.75) is 20.0 Å². The quantitative estimate of drug-likeness (QED) is 0.362. The standard InChI is InChI=1S/C6H15N3O/c1-4(5(2)10)3-9-6(7)8/h4-5,10H,3H2,1-2H3,(H4,7,8,9). The fourth-order valence-corrected chi connectivity index (χ4v) is 0.402. The van der Waals surface area contributed by atoms with Crippen LogP contribution in [0.15, 0.2) is 4.99 Å². The Hall–Kier alpha value is -0.770. The van der Waals surface area contributed by atoms with Gasteiger partial charge < -0.3 is 16.6 Å². The lowest BCUT2D eigenvalue weighted by Crippen LogP contribution is -2.25. The van der Waals surface area contributed by atoms with Gasteiger partial charge in [0, 0.05) is 12.5 Å². The summed E-state index contributed by atoms with van der Waals surface area (Å²) in [5, 5.41) is 8.98. The van der Waals surface area contributed by atoms with Crippen LogP contribution in [0.25, 0.3) is 0 Å². The smallest absolute Gasteiger partial charge is 0.185 e. The highest BCUT2D eigenvalue weighted by atomic mass is 16.3. The summed E-state index contributed by atoms with van der Waals surface area (Å²) < 4.78 is 0. The zero-order valence-electron chi connectivity index (χ0n) is 6.41. The van der Waals surface area contributed by atoms with Crippen molar-refractivity contribution in [2.24, 2.45) is 22.4 Å². The molecule has 2 unspecified atom stereocenters. The molecule has 4 heteroatoms. The summed E-state index contributed by atoms with van der Waals surface area (Å²) in [6, 6.07) is 0. The molecule has 4 nitrogen and oxygen atoms in total. The van der Waals surface area contributed by atoms with E-state index in [1.54, 1.807) is 6.92 Å². The lowest BCUT2D eigenvalue weighted by Gasteiger charge is -2.10. The number of hydrogen-bond donors (Lipinski definition) is 3. The zero-order chi connectivity index (χ0) is 8.15. The molecule has 0 saturated heterocycles. The van der Waals surface area contributed by atoms with E-state index in [4.69, 9.17) is 16.6 Å². The van der Waals surface area contributed by atoms with Crippen molar-refractivity contribution in [3.8, 4) is 0 Å². The molecule has 0 saturated carbocycles. The maximum Gasteiger partial charge on any atom is 0.185 e. The minimum atomic E-state index is -0.358. The third-order valence-corrected chi connectivity index (χ3v) is 1.39. The summed E-state index contributed by atoms with van der Waals surface area (Å²) >= 11 is 0. The van der Waals surface area contributed by atoms with E-state index in [9.17, 15) is 0 Å². The molecule has 0 spiro atoms. The molecule has 2 atom stereocenters. The van der Waals surface area contributed by atoms with Crippen LogP contribution in [-0.4, -0.2) is 23.7 Å². The van der Waals surface area contributed by atoms with Crippen molar-refractivity contribution < 1.29 is 5.11 Å². The summed E-state index contributed by atoms with van der Waals surface area (Å²) in [5.41, 5.74) is 10.2. The van der Waals surface area contributed by atoms with E-state index in [1.165, 1.54) is 0 Å². The van der Waals surface area contributed by atoms with Gasteiger partial charge in [0.05, 0.1) is 6.10 Å². The second-order valence-electron chi connectivity index (χ2n) is 2.48. The average Bonchev–Trinajstić information content (AvgIpc) is 1.82. The summed E-state index contributed by atoms with van der Waals surface area (Å²) in [7, 11) is 0. The van der Waals surface area contributed by atoms with Gasteiger partial charge in [0.2, 0.25) is 0 Å². The van der Waals surface area contributed by atoms with Crippen molar-refractivity contribution in [3.63, 3.8) is 0 Å². The van der Waals surface area contributed by atoms with Crippen LogP contribution < -0.4 is 11.5 Å². The molecule has 5 N–H and O–H groups in total. The van der Waals surface area contributed by atoms with E-state index in [-0.39, 0.29) is 18.0 Å².